The molecule has 0 bridgehead atoms. The summed E-state index contributed by atoms with van der Waals surface area (Å²) in [6.07, 6.45) is 3.24. The third kappa shape index (κ3) is 3.18. The molecule has 1 N–H and O–H groups in total. The highest BCUT2D eigenvalue weighted by Crippen LogP contribution is 2.29. The topological polar surface area (TPSA) is 77.2 Å². The number of aromatic nitrogens is 3. The lowest BCUT2D eigenvalue weighted by molar-refractivity contribution is 0.0696. The molecule has 0 aliphatic carbocycles. The fourth-order valence-electron chi connectivity index (χ4n) is 3.09. The average Bonchev–Trinajstić information content (AvgIpc) is 3.11. The first-order chi connectivity index (χ1) is 13.6. The zero-order chi connectivity index (χ0) is 19.7. The van der Waals surface area contributed by atoms with Gasteiger partial charge in [-0.3, -0.25) is 9.67 Å². The summed E-state index contributed by atoms with van der Waals surface area (Å²) in [4.78, 5) is 15.3. The normalized spacial score (nSPS) is 10.9. The lowest BCUT2D eigenvalue weighted by Crippen LogP contribution is -2.01. The predicted octanol–water partition coefficient (Wildman–Crippen LogP) is 3.99. The first-order valence-electron chi connectivity index (χ1n) is 8.53. The Labute approximate surface area is 159 Å². The van der Waals surface area contributed by atoms with E-state index in [2.05, 4.69) is 10.1 Å². The number of aromatic carboxylic acids is 1. The van der Waals surface area contributed by atoms with Crippen LogP contribution in [-0.4, -0.2) is 33.0 Å². The van der Waals surface area contributed by atoms with Crippen molar-refractivity contribution in [2.45, 2.75) is 6.54 Å². The molecular formula is C21H16FN3O3. The van der Waals surface area contributed by atoms with Crippen molar-refractivity contribution in [1.82, 2.24) is 14.8 Å². The van der Waals surface area contributed by atoms with E-state index in [0.29, 0.717) is 17.6 Å². The molecule has 4 aromatic rings. The minimum absolute atomic E-state index is 0.108. The number of rotatable bonds is 5. The van der Waals surface area contributed by atoms with Crippen molar-refractivity contribution in [3.63, 3.8) is 0 Å². The minimum Gasteiger partial charge on any atom is -0.497 e. The summed E-state index contributed by atoms with van der Waals surface area (Å²) >= 11 is 0. The zero-order valence-electron chi connectivity index (χ0n) is 15.0. The number of pyridine rings is 1. The molecule has 0 saturated heterocycles. The summed E-state index contributed by atoms with van der Waals surface area (Å²) in [6.45, 7) is 0.539. The molecule has 0 unspecified atom stereocenters. The van der Waals surface area contributed by atoms with E-state index in [1.807, 2.05) is 35.0 Å². The molecule has 0 spiro atoms. The van der Waals surface area contributed by atoms with Crippen LogP contribution in [0.1, 0.15) is 15.9 Å². The molecule has 7 heteroatoms. The summed E-state index contributed by atoms with van der Waals surface area (Å²) in [5.41, 5.74) is 2.40. The molecule has 4 rings (SSSR count). The van der Waals surface area contributed by atoms with Gasteiger partial charge >= 0.3 is 5.97 Å². The highest BCUT2D eigenvalue weighted by atomic mass is 19.1. The number of hydrogen-bond donors (Lipinski definition) is 1. The molecule has 2 aromatic heterocycles. The lowest BCUT2D eigenvalue weighted by Gasteiger charge is -2.07. The van der Waals surface area contributed by atoms with Crippen LogP contribution in [-0.2, 0) is 6.54 Å². The summed E-state index contributed by atoms with van der Waals surface area (Å²) in [7, 11) is 1.62. The van der Waals surface area contributed by atoms with E-state index in [-0.39, 0.29) is 11.1 Å². The molecular weight excluding hydrogens is 361 g/mol. The van der Waals surface area contributed by atoms with Crippen LogP contribution in [0.3, 0.4) is 0 Å². The fraction of sp³-hybridized carbons (Fsp3) is 0.0952. The molecule has 2 heterocycles. The average molecular weight is 377 g/mol. The molecule has 6 nitrogen and oxygen atoms in total. The van der Waals surface area contributed by atoms with Crippen LogP contribution < -0.4 is 4.74 Å². The van der Waals surface area contributed by atoms with Crippen LogP contribution in [0, 0.1) is 5.82 Å². The molecule has 0 aliphatic heterocycles. The zero-order valence-corrected chi connectivity index (χ0v) is 15.0. The molecule has 0 fully saturated rings. The number of nitrogens with zero attached hydrogens (tertiary/aromatic N) is 3. The van der Waals surface area contributed by atoms with Crippen LogP contribution in [0.15, 0.2) is 60.9 Å². The maximum Gasteiger partial charge on any atom is 0.335 e. The number of hydrogen-bond acceptors (Lipinski definition) is 4. The van der Waals surface area contributed by atoms with Crippen LogP contribution in [0.25, 0.3) is 22.2 Å². The smallest absolute Gasteiger partial charge is 0.335 e. The monoisotopic (exact) mass is 377 g/mol. The second-order valence-electron chi connectivity index (χ2n) is 6.24. The van der Waals surface area contributed by atoms with Gasteiger partial charge in [-0.1, -0.05) is 12.1 Å². The summed E-state index contributed by atoms with van der Waals surface area (Å²) in [5.74, 6) is -1.03. The van der Waals surface area contributed by atoms with Crippen molar-refractivity contribution in [3.8, 4) is 17.0 Å². The fourth-order valence-corrected chi connectivity index (χ4v) is 3.09. The van der Waals surface area contributed by atoms with Crippen molar-refractivity contribution in [3.05, 3.63) is 77.9 Å². The first kappa shape index (κ1) is 17.7. The molecule has 0 saturated carbocycles. The molecule has 2 aromatic carbocycles. The van der Waals surface area contributed by atoms with Crippen molar-refractivity contribution in [1.29, 1.82) is 0 Å². The van der Waals surface area contributed by atoms with E-state index in [1.165, 1.54) is 12.1 Å². The number of halogens is 1. The van der Waals surface area contributed by atoms with Crippen LogP contribution in [0.4, 0.5) is 4.39 Å². The maximum atomic E-state index is 14.5. The number of methoxy groups -OCH3 is 1. The van der Waals surface area contributed by atoms with Gasteiger partial charge < -0.3 is 9.84 Å². The maximum absolute atomic E-state index is 14.5. The number of carbonyl (C=O) groups is 1. The van der Waals surface area contributed by atoms with E-state index < -0.39 is 11.8 Å². The Morgan fingerprint density at radius 1 is 1.18 bits per heavy atom. The van der Waals surface area contributed by atoms with E-state index in [0.717, 1.165) is 22.9 Å². The Bertz CT molecular complexity index is 1170. The van der Waals surface area contributed by atoms with E-state index >= 15 is 0 Å². The quantitative estimate of drug-likeness (QED) is 0.569. The Balaban J connectivity index is 1.73. The predicted molar refractivity (Wildman–Crippen MR) is 102 cm³/mol. The van der Waals surface area contributed by atoms with Gasteiger partial charge in [-0.2, -0.15) is 5.10 Å². The van der Waals surface area contributed by atoms with Crippen LogP contribution in [0.5, 0.6) is 5.75 Å². The van der Waals surface area contributed by atoms with Gasteiger partial charge in [-0.25, -0.2) is 9.18 Å². The minimum atomic E-state index is -1.18. The SMILES string of the molecule is COc1ccc(Cn2ncc3c(-c4ccc(C(=O)O)cc4F)nccc32)cc1. The van der Waals surface area contributed by atoms with Crippen LogP contribution >= 0.6 is 0 Å². The number of benzene rings is 2. The van der Waals surface area contributed by atoms with Crippen molar-refractivity contribution < 1.29 is 19.0 Å². The Hall–Kier alpha value is -3.74. The standard InChI is InChI=1S/C21H16FN3O3/c1-28-15-5-2-13(3-6-15)12-25-19-8-9-23-20(17(19)11-24-25)16-7-4-14(21(26)27)10-18(16)22/h2-11H,12H2,1H3,(H,26,27). The van der Waals surface area contributed by atoms with Gasteiger partial charge in [0.1, 0.15) is 11.6 Å². The van der Waals surface area contributed by atoms with Gasteiger partial charge in [-0.15, -0.1) is 0 Å². The molecule has 0 atom stereocenters. The van der Waals surface area contributed by atoms with Gasteiger partial charge in [0.15, 0.2) is 0 Å². The Morgan fingerprint density at radius 3 is 2.64 bits per heavy atom. The summed E-state index contributed by atoms with van der Waals surface area (Å²) < 4.78 is 21.5. The highest BCUT2D eigenvalue weighted by molar-refractivity contribution is 5.93. The molecule has 0 amide bonds. The number of fused-ring (bicyclic) bond motifs is 1. The third-order valence-electron chi connectivity index (χ3n) is 4.53. The van der Waals surface area contributed by atoms with Gasteiger partial charge in [0.05, 0.1) is 36.6 Å². The summed E-state index contributed by atoms with van der Waals surface area (Å²) in [5, 5.41) is 14.1. The van der Waals surface area contributed by atoms with Gasteiger partial charge in [-0.05, 0) is 42.0 Å². The van der Waals surface area contributed by atoms with Gasteiger partial charge in [0.2, 0.25) is 0 Å². The van der Waals surface area contributed by atoms with Gasteiger partial charge in [0, 0.05) is 17.1 Å². The van der Waals surface area contributed by atoms with E-state index in [4.69, 9.17) is 9.84 Å². The van der Waals surface area contributed by atoms with Gasteiger partial charge in [0.25, 0.3) is 0 Å². The first-order valence-corrected chi connectivity index (χ1v) is 8.53. The highest BCUT2D eigenvalue weighted by Gasteiger charge is 2.15. The Morgan fingerprint density at radius 2 is 1.96 bits per heavy atom. The molecule has 28 heavy (non-hydrogen) atoms. The molecule has 140 valence electrons. The van der Waals surface area contributed by atoms with Crippen molar-refractivity contribution in [2.24, 2.45) is 0 Å². The lowest BCUT2D eigenvalue weighted by atomic mass is 10.0. The van der Waals surface area contributed by atoms with Crippen LogP contribution in [0.2, 0.25) is 0 Å². The Kier molecular flexibility index (Phi) is 4.49. The third-order valence-corrected chi connectivity index (χ3v) is 4.53. The largest absolute Gasteiger partial charge is 0.497 e. The number of carboxylic acid groups (broad SMARTS) is 1. The molecule has 0 aliphatic rings. The van der Waals surface area contributed by atoms with Crippen molar-refractivity contribution in [2.75, 3.05) is 7.11 Å². The van der Waals surface area contributed by atoms with Crippen molar-refractivity contribution >= 4 is 16.9 Å². The second kappa shape index (κ2) is 7.11. The van der Waals surface area contributed by atoms with E-state index in [1.54, 1.807) is 19.5 Å². The molecule has 0 radical (unpaired) electrons. The number of carboxylic acids is 1. The summed E-state index contributed by atoms with van der Waals surface area (Å²) in [6, 6.07) is 13.3. The number of ether oxygens (including phenoxy) is 1. The van der Waals surface area contributed by atoms with E-state index in [9.17, 15) is 9.18 Å². The second-order valence-corrected chi connectivity index (χ2v) is 6.24.